The molecule has 1 aliphatic rings. The molecule has 5 heterocycles. The van der Waals surface area contributed by atoms with Crippen LogP contribution in [0.15, 0.2) is 89.2 Å². The van der Waals surface area contributed by atoms with Crippen molar-refractivity contribution in [1.29, 1.82) is 0 Å². The highest BCUT2D eigenvalue weighted by atomic mass is 32.2. The third-order valence-corrected chi connectivity index (χ3v) is 11.1. The Hall–Kier alpha value is -5.35. The second kappa shape index (κ2) is 19.5. The summed E-state index contributed by atoms with van der Waals surface area (Å²) in [5.74, 6) is -0.590. The van der Waals surface area contributed by atoms with E-state index < -0.39 is 18.1 Å². The zero-order valence-corrected chi connectivity index (χ0v) is 32.6. The third kappa shape index (κ3) is 9.90. The standard InChI is InChI=1S/C41H50N10O4S/c1-51-35(21-28-24-46-31-11-4-3-10-29(28)31)39(53)48-25-34-36(15-14-30(49-34)26-16-20-44-37(22-26)55-2)56-40-27(9-8-19-45-40)23-47-32(13-7-18-43)38(52)50-33(41(51)54)12-5-6-17-42/h3-4,8-11,14-16,19-20,22,24,32-33,35,46-47H,5-7,12-13,17-18,21,23,25,42-43H2,1-2H3,(H,48,53)(H,50,52)/t32-,33-,35-/m0/s1. The molecule has 0 bridgehead atoms. The van der Waals surface area contributed by atoms with Crippen molar-refractivity contribution < 1.29 is 19.1 Å². The Morgan fingerprint density at radius 3 is 2.54 bits per heavy atom. The van der Waals surface area contributed by atoms with Gasteiger partial charge in [0.2, 0.25) is 23.6 Å². The van der Waals surface area contributed by atoms with E-state index in [1.807, 2.05) is 60.8 Å². The Morgan fingerprint density at radius 2 is 1.71 bits per heavy atom. The summed E-state index contributed by atoms with van der Waals surface area (Å²) in [6.45, 7) is 1.27. The van der Waals surface area contributed by atoms with Gasteiger partial charge in [-0.2, -0.15) is 0 Å². The van der Waals surface area contributed by atoms with Crippen molar-refractivity contribution in [2.75, 3.05) is 27.2 Å². The van der Waals surface area contributed by atoms with E-state index in [1.165, 1.54) is 16.7 Å². The number of nitrogens with zero attached hydrogens (tertiary/aromatic N) is 4. The molecule has 0 spiro atoms. The maximum absolute atomic E-state index is 14.5. The fraction of sp³-hybridized carbons (Fsp3) is 0.366. The van der Waals surface area contributed by atoms with Crippen LogP contribution in [-0.4, -0.2) is 87.9 Å². The number of ether oxygens (including phenoxy) is 1. The van der Waals surface area contributed by atoms with Gasteiger partial charge in [-0.3, -0.25) is 14.4 Å². The number of nitrogens with two attached hydrogens (primary N) is 2. The smallest absolute Gasteiger partial charge is 0.245 e. The number of likely N-dealkylation sites (N-methyl/N-ethyl adjacent to an activating group) is 1. The number of carbonyl (C=O) groups excluding carboxylic acids is 3. The number of hydrogen-bond acceptors (Lipinski definition) is 11. The van der Waals surface area contributed by atoms with Gasteiger partial charge in [0.05, 0.1) is 31.1 Å². The molecule has 0 fully saturated rings. The lowest BCUT2D eigenvalue weighted by molar-refractivity contribution is -0.142. The number of methoxy groups -OCH3 is 1. The quantitative estimate of drug-likeness (QED) is 0.107. The number of para-hydroxylation sites is 1. The molecule has 0 saturated heterocycles. The summed E-state index contributed by atoms with van der Waals surface area (Å²) >= 11 is 1.43. The summed E-state index contributed by atoms with van der Waals surface area (Å²) in [4.78, 5) is 62.6. The van der Waals surface area contributed by atoms with Crippen LogP contribution in [0.4, 0.5) is 0 Å². The van der Waals surface area contributed by atoms with E-state index in [-0.39, 0.29) is 30.7 Å². The molecule has 15 heteroatoms. The van der Waals surface area contributed by atoms with Crippen LogP contribution in [0.5, 0.6) is 5.88 Å². The van der Waals surface area contributed by atoms with E-state index in [4.69, 9.17) is 26.2 Å². The van der Waals surface area contributed by atoms with E-state index in [1.54, 1.807) is 32.6 Å². The molecule has 3 atom stereocenters. The van der Waals surface area contributed by atoms with Gasteiger partial charge in [-0.1, -0.05) is 36.0 Å². The van der Waals surface area contributed by atoms with E-state index >= 15 is 0 Å². The predicted molar refractivity (Wildman–Crippen MR) is 217 cm³/mol. The number of amides is 3. The van der Waals surface area contributed by atoms with Gasteiger partial charge in [0.25, 0.3) is 0 Å². The van der Waals surface area contributed by atoms with Crippen molar-refractivity contribution in [3.63, 3.8) is 0 Å². The highest BCUT2D eigenvalue weighted by Gasteiger charge is 2.34. The molecule has 0 radical (unpaired) electrons. The molecular weight excluding hydrogens is 729 g/mol. The lowest BCUT2D eigenvalue weighted by Crippen LogP contribution is -2.57. The van der Waals surface area contributed by atoms with Gasteiger partial charge in [-0.15, -0.1) is 0 Å². The van der Waals surface area contributed by atoms with E-state index in [0.29, 0.717) is 69.0 Å². The molecule has 294 valence electrons. The SMILES string of the molecule is COc1cc(-c2ccc3c(n2)CNC(=O)[C@H](Cc2c[nH]c4ccccc24)N(C)C(=O)[C@H](CCCCN)NC(=O)[C@H](CCCN)NCc2cccnc2S3)ccn1. The number of rotatable bonds is 11. The average Bonchev–Trinajstić information content (AvgIpc) is 3.64. The Morgan fingerprint density at radius 1 is 0.893 bits per heavy atom. The zero-order valence-electron chi connectivity index (χ0n) is 31.8. The molecule has 56 heavy (non-hydrogen) atoms. The minimum atomic E-state index is -0.927. The first-order chi connectivity index (χ1) is 27.3. The van der Waals surface area contributed by atoms with Gasteiger partial charge in [-0.05, 0) is 86.7 Å². The summed E-state index contributed by atoms with van der Waals surface area (Å²) in [6.07, 6.45) is 8.21. The van der Waals surface area contributed by atoms with Gasteiger partial charge in [-0.25, -0.2) is 15.0 Å². The molecule has 1 aliphatic heterocycles. The third-order valence-electron chi connectivity index (χ3n) is 9.98. The number of benzene rings is 1. The summed E-state index contributed by atoms with van der Waals surface area (Å²) in [5, 5.41) is 11.3. The second-order valence-electron chi connectivity index (χ2n) is 13.8. The lowest BCUT2D eigenvalue weighted by atomic mass is 10.0. The van der Waals surface area contributed by atoms with Crippen molar-refractivity contribution in [2.45, 2.75) is 79.7 Å². The number of hydrogen-bond donors (Lipinski definition) is 6. The van der Waals surface area contributed by atoms with Crippen molar-refractivity contribution in [1.82, 2.24) is 40.8 Å². The maximum atomic E-state index is 14.5. The highest BCUT2D eigenvalue weighted by molar-refractivity contribution is 7.99. The largest absolute Gasteiger partial charge is 0.481 e. The Labute approximate surface area is 331 Å². The number of carbonyl (C=O) groups is 3. The monoisotopic (exact) mass is 778 g/mol. The van der Waals surface area contributed by atoms with Crippen molar-refractivity contribution in [3.05, 3.63) is 96.1 Å². The Kier molecular flexibility index (Phi) is 14.0. The zero-order chi connectivity index (χ0) is 39.4. The fourth-order valence-corrected chi connectivity index (χ4v) is 7.77. The van der Waals surface area contributed by atoms with Crippen LogP contribution in [0, 0.1) is 0 Å². The van der Waals surface area contributed by atoms with Gasteiger partial charge in [0.15, 0.2) is 0 Å². The van der Waals surface area contributed by atoms with Crippen LogP contribution in [-0.2, 0) is 33.9 Å². The van der Waals surface area contributed by atoms with Crippen LogP contribution >= 0.6 is 11.8 Å². The molecular formula is C41H50N10O4S. The molecule has 8 N–H and O–H groups in total. The molecule has 0 unspecified atom stereocenters. The second-order valence-corrected chi connectivity index (χ2v) is 14.8. The van der Waals surface area contributed by atoms with Crippen molar-refractivity contribution in [2.24, 2.45) is 11.5 Å². The molecule has 0 aliphatic carbocycles. The number of unbranched alkanes of at least 4 members (excludes halogenated alkanes) is 1. The molecule has 5 aromatic rings. The van der Waals surface area contributed by atoms with Gasteiger partial charge < -0.3 is 42.0 Å². The molecule has 3 amide bonds. The Bertz CT molecular complexity index is 2130. The number of aromatic nitrogens is 4. The summed E-state index contributed by atoms with van der Waals surface area (Å²) in [5.41, 5.74) is 16.5. The lowest BCUT2D eigenvalue weighted by Gasteiger charge is -2.32. The van der Waals surface area contributed by atoms with E-state index in [2.05, 4.69) is 25.9 Å². The minimum Gasteiger partial charge on any atom is -0.481 e. The minimum absolute atomic E-state index is 0.0713. The van der Waals surface area contributed by atoms with Gasteiger partial charge in [0, 0.05) is 66.0 Å². The first-order valence-electron chi connectivity index (χ1n) is 18.9. The summed E-state index contributed by atoms with van der Waals surface area (Å²) in [7, 11) is 3.19. The maximum Gasteiger partial charge on any atom is 0.245 e. The number of H-pyrrole nitrogens is 1. The topological polar surface area (TPSA) is 206 Å². The highest BCUT2D eigenvalue weighted by Crippen LogP contribution is 2.33. The molecule has 14 nitrogen and oxygen atoms in total. The van der Waals surface area contributed by atoms with Crippen LogP contribution in [0.2, 0.25) is 0 Å². The molecule has 1 aromatic carbocycles. The normalized spacial score (nSPS) is 18.5. The van der Waals surface area contributed by atoms with E-state index in [0.717, 1.165) is 37.5 Å². The van der Waals surface area contributed by atoms with Crippen LogP contribution in [0.3, 0.4) is 0 Å². The van der Waals surface area contributed by atoms with Gasteiger partial charge in [0.1, 0.15) is 17.1 Å². The van der Waals surface area contributed by atoms with Crippen LogP contribution in [0.25, 0.3) is 22.2 Å². The van der Waals surface area contributed by atoms with Crippen molar-refractivity contribution in [3.8, 4) is 17.1 Å². The number of aromatic amines is 1. The summed E-state index contributed by atoms with van der Waals surface area (Å²) < 4.78 is 5.37. The van der Waals surface area contributed by atoms with Crippen molar-refractivity contribution >= 4 is 40.4 Å². The summed E-state index contributed by atoms with van der Waals surface area (Å²) in [6, 6.07) is 16.7. The van der Waals surface area contributed by atoms with Gasteiger partial charge >= 0.3 is 0 Å². The van der Waals surface area contributed by atoms with Crippen LogP contribution in [0.1, 0.15) is 48.9 Å². The molecule has 4 aromatic heterocycles. The number of nitrogens with one attached hydrogen (secondary N) is 4. The fourth-order valence-electron chi connectivity index (χ4n) is 6.81. The van der Waals surface area contributed by atoms with Crippen LogP contribution < -0.4 is 32.2 Å². The number of fused-ring (bicyclic) bond motifs is 3. The average molecular weight is 779 g/mol. The van der Waals surface area contributed by atoms with E-state index in [9.17, 15) is 14.4 Å². The molecule has 0 saturated carbocycles. The first-order valence-corrected chi connectivity index (χ1v) is 19.8. The molecule has 6 rings (SSSR count). The predicted octanol–water partition coefficient (Wildman–Crippen LogP) is 3.69. The first kappa shape index (κ1) is 40.3. The Balaban J connectivity index is 1.43. The number of pyridine rings is 3.